The number of thioether (sulfide) groups is 1. The summed E-state index contributed by atoms with van der Waals surface area (Å²) in [7, 11) is 4.65. The number of aromatic hydroxyl groups is 1. The van der Waals surface area contributed by atoms with Crippen LogP contribution in [0.2, 0.25) is 0 Å². The lowest BCUT2D eigenvalue weighted by Crippen LogP contribution is -2.42. The summed E-state index contributed by atoms with van der Waals surface area (Å²) in [6.45, 7) is 0.563. The maximum atomic E-state index is 12.0. The molecule has 122 valence electrons. The van der Waals surface area contributed by atoms with E-state index in [4.69, 9.17) is 14.2 Å². The molecule has 1 N–H and O–H groups in total. The SMILES string of the molecule is COc1cc(CCN2C(=O)CSC2C(OC)OC)ccc1O. The molecule has 0 saturated carbocycles. The Balaban J connectivity index is 2.04. The van der Waals surface area contributed by atoms with Crippen LogP contribution in [0.4, 0.5) is 0 Å². The molecule has 0 spiro atoms. The molecule has 0 aromatic heterocycles. The zero-order valence-electron chi connectivity index (χ0n) is 12.9. The summed E-state index contributed by atoms with van der Waals surface area (Å²) in [4.78, 5) is 13.8. The zero-order chi connectivity index (χ0) is 16.1. The number of phenols is 1. The van der Waals surface area contributed by atoms with Crippen LogP contribution in [-0.4, -0.2) is 61.2 Å². The van der Waals surface area contributed by atoms with Crippen molar-refractivity contribution in [2.75, 3.05) is 33.6 Å². The fourth-order valence-electron chi connectivity index (χ4n) is 2.41. The van der Waals surface area contributed by atoms with Gasteiger partial charge in [0.25, 0.3) is 0 Å². The number of nitrogens with zero attached hydrogens (tertiary/aromatic N) is 1. The molecule has 1 amide bonds. The van der Waals surface area contributed by atoms with Gasteiger partial charge in [0.05, 0.1) is 12.9 Å². The summed E-state index contributed by atoms with van der Waals surface area (Å²) in [5, 5.41) is 9.47. The van der Waals surface area contributed by atoms with Crippen molar-refractivity contribution in [2.24, 2.45) is 0 Å². The van der Waals surface area contributed by atoms with Gasteiger partial charge in [0.1, 0.15) is 5.37 Å². The number of ether oxygens (including phenoxy) is 3. The smallest absolute Gasteiger partial charge is 0.233 e. The van der Waals surface area contributed by atoms with Gasteiger partial charge in [0, 0.05) is 20.8 Å². The molecular formula is C15H21NO5S. The molecule has 1 aromatic rings. The number of amides is 1. The molecule has 1 saturated heterocycles. The van der Waals surface area contributed by atoms with E-state index in [1.165, 1.54) is 18.9 Å². The molecule has 0 bridgehead atoms. The Bertz CT molecular complexity index is 521. The topological polar surface area (TPSA) is 68.2 Å². The van der Waals surface area contributed by atoms with Gasteiger partial charge in [-0.15, -0.1) is 11.8 Å². The van der Waals surface area contributed by atoms with Crippen molar-refractivity contribution >= 4 is 17.7 Å². The molecule has 1 atom stereocenters. The van der Waals surface area contributed by atoms with Crippen LogP contribution >= 0.6 is 11.8 Å². The lowest BCUT2D eigenvalue weighted by atomic mass is 10.1. The number of carbonyl (C=O) groups excluding carboxylic acids is 1. The van der Waals surface area contributed by atoms with Crippen LogP contribution in [0.5, 0.6) is 11.5 Å². The third kappa shape index (κ3) is 3.66. The molecule has 7 heteroatoms. The molecule has 22 heavy (non-hydrogen) atoms. The van der Waals surface area contributed by atoms with Crippen molar-refractivity contribution in [2.45, 2.75) is 18.1 Å². The fourth-order valence-corrected chi connectivity index (χ4v) is 3.67. The zero-order valence-corrected chi connectivity index (χ0v) is 13.8. The van der Waals surface area contributed by atoms with Gasteiger partial charge in [-0.2, -0.15) is 0 Å². The van der Waals surface area contributed by atoms with Gasteiger partial charge in [-0.3, -0.25) is 4.79 Å². The standard InChI is InChI=1S/C15H21NO5S/c1-19-12-8-10(4-5-11(12)17)6-7-16-13(18)9-22-14(16)15(20-2)21-3/h4-5,8,14-15,17H,6-7,9H2,1-3H3. The van der Waals surface area contributed by atoms with E-state index < -0.39 is 6.29 Å². The highest BCUT2D eigenvalue weighted by atomic mass is 32.2. The molecule has 1 unspecified atom stereocenters. The lowest BCUT2D eigenvalue weighted by Gasteiger charge is -2.29. The Morgan fingerprint density at radius 1 is 1.36 bits per heavy atom. The van der Waals surface area contributed by atoms with E-state index in [1.807, 2.05) is 6.07 Å². The monoisotopic (exact) mass is 327 g/mol. The summed E-state index contributed by atoms with van der Waals surface area (Å²) in [6.07, 6.45) is 0.227. The van der Waals surface area contributed by atoms with Crippen molar-refractivity contribution in [1.82, 2.24) is 4.90 Å². The second-order valence-corrected chi connectivity index (χ2v) is 5.99. The highest BCUT2D eigenvalue weighted by Gasteiger charge is 2.37. The van der Waals surface area contributed by atoms with Crippen molar-refractivity contribution in [1.29, 1.82) is 0 Å². The second kappa shape index (κ2) is 7.71. The van der Waals surface area contributed by atoms with Crippen LogP contribution in [0.3, 0.4) is 0 Å². The van der Waals surface area contributed by atoms with E-state index >= 15 is 0 Å². The fraction of sp³-hybridized carbons (Fsp3) is 0.533. The highest BCUT2D eigenvalue weighted by molar-refractivity contribution is 8.01. The highest BCUT2D eigenvalue weighted by Crippen LogP contribution is 2.30. The normalized spacial score (nSPS) is 18.3. The molecule has 1 aliphatic rings. The van der Waals surface area contributed by atoms with Crippen LogP contribution in [0.1, 0.15) is 5.56 Å². The first-order chi connectivity index (χ1) is 10.6. The van der Waals surface area contributed by atoms with Gasteiger partial charge in [0.2, 0.25) is 5.91 Å². The molecule has 0 radical (unpaired) electrons. The minimum absolute atomic E-state index is 0.0832. The Morgan fingerprint density at radius 3 is 2.73 bits per heavy atom. The van der Waals surface area contributed by atoms with E-state index in [-0.39, 0.29) is 17.0 Å². The van der Waals surface area contributed by atoms with E-state index in [1.54, 1.807) is 31.3 Å². The molecule has 1 heterocycles. The van der Waals surface area contributed by atoms with E-state index in [0.29, 0.717) is 24.5 Å². The number of rotatable bonds is 7. The summed E-state index contributed by atoms with van der Waals surface area (Å²) >= 11 is 1.52. The molecule has 1 fully saturated rings. The van der Waals surface area contributed by atoms with Crippen molar-refractivity contribution in [3.63, 3.8) is 0 Å². The molecule has 1 aromatic carbocycles. The predicted octanol–water partition coefficient (Wildman–Crippen LogP) is 1.46. The summed E-state index contributed by atoms with van der Waals surface area (Å²) in [5.41, 5.74) is 0.990. The van der Waals surface area contributed by atoms with Gasteiger partial charge in [-0.05, 0) is 24.1 Å². The minimum atomic E-state index is -0.439. The third-order valence-corrected chi connectivity index (χ3v) is 4.82. The van der Waals surface area contributed by atoms with Gasteiger partial charge >= 0.3 is 0 Å². The van der Waals surface area contributed by atoms with Crippen molar-refractivity contribution in [3.05, 3.63) is 23.8 Å². The molecular weight excluding hydrogens is 306 g/mol. The van der Waals surface area contributed by atoms with Crippen molar-refractivity contribution in [3.8, 4) is 11.5 Å². The molecule has 1 aliphatic heterocycles. The Kier molecular flexibility index (Phi) is 5.93. The molecule has 6 nitrogen and oxygen atoms in total. The minimum Gasteiger partial charge on any atom is -0.504 e. The Labute approximate surface area is 134 Å². The summed E-state index contributed by atoms with van der Waals surface area (Å²) in [5.74, 6) is 1.06. The Morgan fingerprint density at radius 2 is 2.09 bits per heavy atom. The lowest BCUT2D eigenvalue weighted by molar-refractivity contribution is -0.145. The van der Waals surface area contributed by atoms with Crippen molar-refractivity contribution < 1.29 is 24.1 Å². The molecule has 2 rings (SSSR count). The quantitative estimate of drug-likeness (QED) is 0.765. The van der Waals surface area contributed by atoms with Gasteiger partial charge in [-0.1, -0.05) is 6.07 Å². The number of phenolic OH excluding ortho intramolecular Hbond substituents is 1. The van der Waals surface area contributed by atoms with Gasteiger partial charge in [0.15, 0.2) is 17.8 Å². The largest absolute Gasteiger partial charge is 0.504 e. The number of hydrogen-bond donors (Lipinski definition) is 1. The van der Waals surface area contributed by atoms with Gasteiger partial charge in [-0.25, -0.2) is 0 Å². The van der Waals surface area contributed by atoms with E-state index in [0.717, 1.165) is 5.56 Å². The van der Waals surface area contributed by atoms with Gasteiger partial charge < -0.3 is 24.2 Å². The summed E-state index contributed by atoms with van der Waals surface area (Å²) in [6, 6.07) is 5.20. The van der Waals surface area contributed by atoms with E-state index in [9.17, 15) is 9.90 Å². The average Bonchev–Trinajstić information content (AvgIpc) is 2.89. The predicted molar refractivity (Wildman–Crippen MR) is 84.1 cm³/mol. The van der Waals surface area contributed by atoms with E-state index in [2.05, 4.69) is 0 Å². The van der Waals surface area contributed by atoms with Crippen LogP contribution in [0.25, 0.3) is 0 Å². The first kappa shape index (κ1) is 16.9. The van der Waals surface area contributed by atoms with Crippen LogP contribution in [0.15, 0.2) is 18.2 Å². The maximum Gasteiger partial charge on any atom is 0.233 e. The number of carbonyl (C=O) groups is 1. The number of methoxy groups -OCH3 is 3. The summed E-state index contributed by atoms with van der Waals surface area (Å²) < 4.78 is 15.7. The number of benzene rings is 1. The first-order valence-corrected chi connectivity index (χ1v) is 7.98. The third-order valence-electron chi connectivity index (χ3n) is 3.59. The first-order valence-electron chi connectivity index (χ1n) is 6.93. The Hall–Kier alpha value is -1.44. The number of hydrogen-bond acceptors (Lipinski definition) is 6. The average molecular weight is 327 g/mol. The maximum absolute atomic E-state index is 12.0. The van der Waals surface area contributed by atoms with Crippen LogP contribution in [-0.2, 0) is 20.7 Å². The van der Waals surface area contributed by atoms with Crippen LogP contribution in [0, 0.1) is 0 Å². The second-order valence-electron chi connectivity index (χ2n) is 4.88. The van der Waals surface area contributed by atoms with Crippen LogP contribution < -0.4 is 4.74 Å². The molecule has 0 aliphatic carbocycles.